The number of fused-ring (bicyclic) bond motifs is 1. The Labute approximate surface area is 166 Å². The maximum atomic E-state index is 13.3. The lowest BCUT2D eigenvalue weighted by Crippen LogP contribution is -2.31. The fourth-order valence-electron chi connectivity index (χ4n) is 2.69. The largest absolute Gasteiger partial charge is 0.478 e. The highest BCUT2D eigenvalue weighted by Gasteiger charge is 2.28. The van der Waals surface area contributed by atoms with E-state index in [0.29, 0.717) is 23.0 Å². The Morgan fingerprint density at radius 2 is 1.81 bits per heavy atom. The highest BCUT2D eigenvalue weighted by Crippen LogP contribution is 2.43. The summed E-state index contributed by atoms with van der Waals surface area (Å²) in [5.74, 6) is -1.10. The topological polar surface area (TPSA) is 74.7 Å². The van der Waals surface area contributed by atoms with Gasteiger partial charge in [-0.1, -0.05) is 43.1 Å². The molecule has 142 valence electrons. The molecule has 8 heteroatoms. The Morgan fingerprint density at radius 1 is 1.15 bits per heavy atom. The molecule has 0 saturated heterocycles. The number of rotatable bonds is 7. The molecule has 0 aliphatic carbocycles. The standard InChI is InChI=1S/C19H18ClNO4S2/c1-2-3-12-21(18-17(20)15-6-4-5-7-16(15)26-18)27(24,25)14-10-8-13(9-11-14)19(22)23/h4-11H,2-3,12H2,1H3,(H,22,23). The molecule has 27 heavy (non-hydrogen) atoms. The maximum absolute atomic E-state index is 13.3. The van der Waals surface area contributed by atoms with E-state index in [2.05, 4.69) is 0 Å². The smallest absolute Gasteiger partial charge is 0.335 e. The van der Waals surface area contributed by atoms with E-state index in [4.69, 9.17) is 16.7 Å². The molecule has 1 aromatic heterocycles. The second-order valence-corrected chi connectivity index (χ2v) is 9.25. The van der Waals surface area contributed by atoms with Crippen LogP contribution in [0, 0.1) is 0 Å². The van der Waals surface area contributed by atoms with Crippen LogP contribution < -0.4 is 4.31 Å². The highest BCUT2D eigenvalue weighted by atomic mass is 35.5. The van der Waals surface area contributed by atoms with Crippen molar-refractivity contribution in [2.45, 2.75) is 24.7 Å². The molecule has 2 aromatic carbocycles. The number of benzene rings is 2. The third kappa shape index (κ3) is 3.81. The van der Waals surface area contributed by atoms with E-state index in [0.717, 1.165) is 16.5 Å². The van der Waals surface area contributed by atoms with E-state index >= 15 is 0 Å². The van der Waals surface area contributed by atoms with Crippen LogP contribution in [-0.4, -0.2) is 26.0 Å². The second-order valence-electron chi connectivity index (χ2n) is 5.98. The zero-order valence-electron chi connectivity index (χ0n) is 14.6. The van der Waals surface area contributed by atoms with Gasteiger partial charge in [-0.2, -0.15) is 0 Å². The molecule has 0 unspecified atom stereocenters. The molecule has 0 radical (unpaired) electrons. The quantitative estimate of drug-likeness (QED) is 0.563. The fourth-order valence-corrected chi connectivity index (χ4v) is 6.03. The van der Waals surface area contributed by atoms with Gasteiger partial charge in [0.15, 0.2) is 0 Å². The first kappa shape index (κ1) is 19.7. The van der Waals surface area contributed by atoms with Crippen molar-refractivity contribution in [1.82, 2.24) is 0 Å². The van der Waals surface area contributed by atoms with Gasteiger partial charge in [0.1, 0.15) is 5.00 Å². The van der Waals surface area contributed by atoms with Crippen LogP contribution in [0.4, 0.5) is 5.00 Å². The van der Waals surface area contributed by atoms with Crippen LogP contribution in [0.1, 0.15) is 30.1 Å². The Morgan fingerprint density at radius 3 is 2.41 bits per heavy atom. The Bertz CT molecular complexity index is 1070. The number of carboxylic acid groups (broad SMARTS) is 1. The van der Waals surface area contributed by atoms with Crippen LogP contribution >= 0.6 is 22.9 Å². The SMILES string of the molecule is CCCCN(c1sc2ccccc2c1Cl)S(=O)(=O)c1ccc(C(=O)O)cc1. The first-order chi connectivity index (χ1) is 12.9. The van der Waals surface area contributed by atoms with Gasteiger partial charge < -0.3 is 5.11 Å². The van der Waals surface area contributed by atoms with Gasteiger partial charge in [-0.05, 0) is 36.8 Å². The lowest BCUT2D eigenvalue weighted by Gasteiger charge is -2.23. The number of hydrogen-bond donors (Lipinski definition) is 1. The van der Waals surface area contributed by atoms with Gasteiger partial charge in [0, 0.05) is 16.6 Å². The van der Waals surface area contributed by atoms with Crippen molar-refractivity contribution in [3.8, 4) is 0 Å². The lowest BCUT2D eigenvalue weighted by molar-refractivity contribution is 0.0696. The van der Waals surface area contributed by atoms with Crippen molar-refractivity contribution in [3.05, 3.63) is 59.1 Å². The molecule has 0 aliphatic rings. The number of nitrogens with zero attached hydrogens (tertiary/aromatic N) is 1. The van der Waals surface area contributed by atoms with Crippen LogP contribution in [0.2, 0.25) is 5.02 Å². The Kier molecular flexibility index (Phi) is 5.74. The van der Waals surface area contributed by atoms with Gasteiger partial charge in [0.25, 0.3) is 10.0 Å². The summed E-state index contributed by atoms with van der Waals surface area (Å²) in [4.78, 5) is 11.1. The third-order valence-corrected chi connectivity index (χ3v) is 7.77. The first-order valence-corrected chi connectivity index (χ1v) is 11.0. The monoisotopic (exact) mass is 423 g/mol. The molecular formula is C19H18ClNO4S2. The number of carbonyl (C=O) groups is 1. The highest BCUT2D eigenvalue weighted by molar-refractivity contribution is 7.93. The summed E-state index contributed by atoms with van der Waals surface area (Å²) in [5, 5.41) is 10.7. The molecule has 3 aromatic rings. The lowest BCUT2D eigenvalue weighted by atomic mass is 10.2. The van der Waals surface area contributed by atoms with Crippen LogP contribution in [0.3, 0.4) is 0 Å². The molecule has 0 amide bonds. The number of thiophene rings is 1. The van der Waals surface area contributed by atoms with Crippen molar-refractivity contribution in [3.63, 3.8) is 0 Å². The summed E-state index contributed by atoms with van der Waals surface area (Å²) in [6, 6.07) is 12.7. The average molecular weight is 424 g/mol. The minimum Gasteiger partial charge on any atom is -0.478 e. The normalized spacial score (nSPS) is 11.6. The number of halogens is 1. The maximum Gasteiger partial charge on any atom is 0.335 e. The van der Waals surface area contributed by atoms with Crippen molar-refractivity contribution in [2.75, 3.05) is 10.8 Å². The summed E-state index contributed by atoms with van der Waals surface area (Å²) in [7, 11) is -3.87. The van der Waals surface area contributed by atoms with Crippen molar-refractivity contribution >= 4 is 54.0 Å². The number of anilines is 1. The molecule has 0 saturated carbocycles. The molecule has 0 spiro atoms. The van der Waals surface area contributed by atoms with Crippen molar-refractivity contribution < 1.29 is 18.3 Å². The Hall–Kier alpha value is -2.09. The number of carboxylic acids is 1. The van der Waals surface area contributed by atoms with E-state index in [1.54, 1.807) is 0 Å². The molecule has 3 rings (SSSR count). The molecule has 0 atom stereocenters. The first-order valence-electron chi connectivity index (χ1n) is 8.39. The van der Waals surface area contributed by atoms with Gasteiger partial charge in [-0.25, -0.2) is 13.2 Å². The van der Waals surface area contributed by atoms with E-state index in [1.807, 2.05) is 31.2 Å². The van der Waals surface area contributed by atoms with Crippen LogP contribution in [0.15, 0.2) is 53.4 Å². The number of aromatic carboxylic acids is 1. The summed E-state index contributed by atoms with van der Waals surface area (Å²) in [6.45, 7) is 2.28. The molecule has 0 bridgehead atoms. The van der Waals surface area contributed by atoms with Crippen molar-refractivity contribution in [1.29, 1.82) is 0 Å². The summed E-state index contributed by atoms with van der Waals surface area (Å²) in [5.41, 5.74) is 0.0361. The zero-order chi connectivity index (χ0) is 19.6. The van der Waals surface area contributed by atoms with Gasteiger partial charge >= 0.3 is 5.97 Å². The van der Waals surface area contributed by atoms with Gasteiger partial charge in [0.05, 0.1) is 15.5 Å². The van der Waals surface area contributed by atoms with E-state index in [-0.39, 0.29) is 10.5 Å². The average Bonchev–Trinajstić information content (AvgIpc) is 2.99. The Balaban J connectivity index is 2.10. The summed E-state index contributed by atoms with van der Waals surface area (Å²) < 4.78 is 28.8. The van der Waals surface area contributed by atoms with Crippen molar-refractivity contribution in [2.24, 2.45) is 0 Å². The second kappa shape index (κ2) is 7.88. The summed E-state index contributed by atoms with van der Waals surface area (Å²) in [6.07, 6.45) is 1.50. The van der Waals surface area contributed by atoms with Crippen LogP contribution in [-0.2, 0) is 10.0 Å². The zero-order valence-corrected chi connectivity index (χ0v) is 16.9. The summed E-state index contributed by atoms with van der Waals surface area (Å²) >= 11 is 7.85. The molecule has 1 heterocycles. The molecule has 5 nitrogen and oxygen atoms in total. The molecule has 1 N–H and O–H groups in total. The van der Waals surface area contributed by atoms with E-state index < -0.39 is 16.0 Å². The number of hydrogen-bond acceptors (Lipinski definition) is 4. The molecule has 0 aliphatic heterocycles. The van der Waals surface area contributed by atoms with Gasteiger partial charge in [-0.15, -0.1) is 11.3 Å². The minimum atomic E-state index is -3.87. The van der Waals surface area contributed by atoms with Gasteiger partial charge in [-0.3, -0.25) is 4.31 Å². The third-order valence-electron chi connectivity index (χ3n) is 4.15. The fraction of sp³-hybridized carbons (Fsp3) is 0.211. The van der Waals surface area contributed by atoms with Crippen LogP contribution in [0.25, 0.3) is 10.1 Å². The van der Waals surface area contributed by atoms with E-state index in [1.165, 1.54) is 39.9 Å². The number of unbranched alkanes of at least 4 members (excludes halogenated alkanes) is 1. The molecule has 0 fully saturated rings. The molecular weight excluding hydrogens is 406 g/mol. The van der Waals surface area contributed by atoms with Crippen LogP contribution in [0.5, 0.6) is 0 Å². The number of sulfonamides is 1. The van der Waals surface area contributed by atoms with E-state index in [9.17, 15) is 13.2 Å². The predicted molar refractivity (Wildman–Crippen MR) is 110 cm³/mol. The minimum absolute atomic E-state index is 0.0361. The predicted octanol–water partition coefficient (Wildman–Crippen LogP) is 5.25. The van der Waals surface area contributed by atoms with Gasteiger partial charge in [0.2, 0.25) is 0 Å².